The Hall–Kier alpha value is -1.62. The second-order valence-corrected chi connectivity index (χ2v) is 5.51. The molecule has 21 heavy (non-hydrogen) atoms. The van der Waals surface area contributed by atoms with Crippen molar-refractivity contribution in [3.05, 3.63) is 24.0 Å². The van der Waals surface area contributed by atoms with Crippen molar-refractivity contribution in [2.45, 2.75) is 46.1 Å². The van der Waals surface area contributed by atoms with Gasteiger partial charge in [0.05, 0.1) is 11.4 Å². The molecule has 0 aliphatic heterocycles. The molecule has 0 spiro atoms. The molecule has 0 aliphatic rings. The Morgan fingerprint density at radius 3 is 2.67 bits per heavy atom. The van der Waals surface area contributed by atoms with Crippen molar-refractivity contribution in [2.24, 2.45) is 0 Å². The van der Waals surface area contributed by atoms with Crippen LogP contribution in [0.5, 0.6) is 0 Å². The number of amides is 1. The Kier molecular flexibility index (Phi) is 7.15. The van der Waals surface area contributed by atoms with E-state index in [4.69, 9.17) is 5.73 Å². The van der Waals surface area contributed by atoms with E-state index in [2.05, 4.69) is 31.0 Å². The molecule has 0 fully saturated rings. The monoisotopic (exact) mass is 295 g/mol. The number of halogens is 1. The van der Waals surface area contributed by atoms with E-state index in [-0.39, 0.29) is 11.6 Å². The molecule has 4 nitrogen and oxygen atoms in total. The normalized spacial score (nSPS) is 11.1. The van der Waals surface area contributed by atoms with Crippen LogP contribution in [0.1, 0.15) is 40.0 Å². The van der Waals surface area contributed by atoms with Crippen LogP contribution < -0.4 is 11.1 Å². The summed E-state index contributed by atoms with van der Waals surface area (Å²) in [5, 5.41) is 2.72. The lowest BCUT2D eigenvalue weighted by molar-refractivity contribution is -0.116. The minimum absolute atomic E-state index is 0.0893. The molecule has 0 radical (unpaired) electrons. The largest absolute Gasteiger partial charge is 0.397 e. The molecule has 0 atom stereocenters. The zero-order chi connectivity index (χ0) is 15.8. The Morgan fingerprint density at radius 2 is 2.10 bits per heavy atom. The van der Waals surface area contributed by atoms with E-state index in [0.717, 1.165) is 25.9 Å². The number of carbonyl (C=O) groups is 1. The molecule has 3 N–H and O–H groups in total. The van der Waals surface area contributed by atoms with E-state index < -0.39 is 5.82 Å². The summed E-state index contributed by atoms with van der Waals surface area (Å²) in [5.41, 5.74) is 6.38. The number of hydrogen-bond donors (Lipinski definition) is 2. The van der Waals surface area contributed by atoms with Gasteiger partial charge in [-0.2, -0.15) is 0 Å². The van der Waals surface area contributed by atoms with Gasteiger partial charge in [-0.3, -0.25) is 4.79 Å². The third-order valence-electron chi connectivity index (χ3n) is 3.38. The average Bonchev–Trinajstić information content (AvgIpc) is 2.41. The van der Waals surface area contributed by atoms with Gasteiger partial charge in [-0.15, -0.1) is 0 Å². The molecule has 1 aromatic carbocycles. The van der Waals surface area contributed by atoms with E-state index in [1.807, 2.05) is 0 Å². The number of nitrogens with two attached hydrogens (primary N) is 1. The lowest BCUT2D eigenvalue weighted by atomic mass is 10.2. The molecule has 0 saturated heterocycles. The summed E-state index contributed by atoms with van der Waals surface area (Å²) >= 11 is 0. The maximum atomic E-state index is 12.9. The number of nitrogens with zero attached hydrogens (tertiary/aromatic N) is 1. The summed E-state index contributed by atoms with van der Waals surface area (Å²) in [5.74, 6) is -0.494. The number of benzene rings is 1. The molecule has 118 valence electrons. The van der Waals surface area contributed by atoms with E-state index in [1.54, 1.807) is 0 Å². The van der Waals surface area contributed by atoms with Gasteiger partial charge in [-0.1, -0.05) is 6.92 Å². The van der Waals surface area contributed by atoms with Crippen LogP contribution >= 0.6 is 0 Å². The average molecular weight is 295 g/mol. The highest BCUT2D eigenvalue weighted by Gasteiger charge is 2.10. The molecule has 1 amide bonds. The van der Waals surface area contributed by atoms with Crippen LogP contribution in [0.15, 0.2) is 18.2 Å². The van der Waals surface area contributed by atoms with Crippen molar-refractivity contribution >= 4 is 17.3 Å². The number of nitrogens with one attached hydrogen (secondary N) is 1. The van der Waals surface area contributed by atoms with Crippen LogP contribution in [0.3, 0.4) is 0 Å². The topological polar surface area (TPSA) is 58.4 Å². The zero-order valence-corrected chi connectivity index (χ0v) is 13.2. The van der Waals surface area contributed by atoms with Crippen LogP contribution in [0.4, 0.5) is 15.8 Å². The number of hydrogen-bond acceptors (Lipinski definition) is 3. The van der Waals surface area contributed by atoms with Gasteiger partial charge in [-0.25, -0.2) is 4.39 Å². The molecule has 0 heterocycles. The maximum absolute atomic E-state index is 12.9. The zero-order valence-electron chi connectivity index (χ0n) is 13.2. The molecule has 0 unspecified atom stereocenters. The Labute approximate surface area is 126 Å². The second-order valence-electron chi connectivity index (χ2n) is 5.51. The van der Waals surface area contributed by atoms with E-state index in [0.29, 0.717) is 18.2 Å². The van der Waals surface area contributed by atoms with Crippen molar-refractivity contribution in [1.29, 1.82) is 0 Å². The van der Waals surface area contributed by atoms with Crippen LogP contribution in [0.25, 0.3) is 0 Å². The summed E-state index contributed by atoms with van der Waals surface area (Å²) in [7, 11) is 0. The maximum Gasteiger partial charge on any atom is 0.224 e. The highest BCUT2D eigenvalue weighted by Crippen LogP contribution is 2.19. The van der Waals surface area contributed by atoms with Crippen molar-refractivity contribution in [2.75, 3.05) is 24.1 Å². The van der Waals surface area contributed by atoms with Crippen LogP contribution in [-0.2, 0) is 4.79 Å². The molecule has 5 heteroatoms. The molecular weight excluding hydrogens is 269 g/mol. The smallest absolute Gasteiger partial charge is 0.224 e. The molecule has 1 aromatic rings. The van der Waals surface area contributed by atoms with E-state index >= 15 is 0 Å². The van der Waals surface area contributed by atoms with Crippen molar-refractivity contribution < 1.29 is 9.18 Å². The first-order chi connectivity index (χ1) is 9.93. The summed E-state index contributed by atoms with van der Waals surface area (Å²) in [6.45, 7) is 8.42. The summed E-state index contributed by atoms with van der Waals surface area (Å²) in [6.07, 6.45) is 2.34. The van der Waals surface area contributed by atoms with E-state index in [1.165, 1.54) is 18.2 Å². The Morgan fingerprint density at radius 1 is 1.38 bits per heavy atom. The fourth-order valence-corrected chi connectivity index (χ4v) is 2.22. The van der Waals surface area contributed by atoms with Crippen molar-refractivity contribution in [3.63, 3.8) is 0 Å². The number of carbonyl (C=O) groups excluding carboxylic acids is 1. The molecule has 0 saturated carbocycles. The van der Waals surface area contributed by atoms with Crippen LogP contribution in [0, 0.1) is 5.82 Å². The number of rotatable bonds is 8. The summed E-state index contributed by atoms with van der Waals surface area (Å²) in [4.78, 5) is 14.2. The third-order valence-corrected chi connectivity index (χ3v) is 3.38. The first-order valence-corrected chi connectivity index (χ1v) is 7.53. The minimum Gasteiger partial charge on any atom is -0.397 e. The van der Waals surface area contributed by atoms with Crippen LogP contribution in [-0.4, -0.2) is 29.9 Å². The molecule has 0 aliphatic carbocycles. The minimum atomic E-state index is -0.405. The SMILES string of the molecule is CCCN(CCCC(=O)Nc1ccc(F)cc1N)C(C)C. The first-order valence-electron chi connectivity index (χ1n) is 7.53. The van der Waals surface area contributed by atoms with Gasteiger partial charge in [0, 0.05) is 12.5 Å². The van der Waals surface area contributed by atoms with Gasteiger partial charge >= 0.3 is 0 Å². The highest BCUT2D eigenvalue weighted by atomic mass is 19.1. The highest BCUT2D eigenvalue weighted by molar-refractivity contribution is 5.93. The van der Waals surface area contributed by atoms with Gasteiger partial charge < -0.3 is 16.0 Å². The predicted molar refractivity (Wildman–Crippen MR) is 85.7 cm³/mol. The lowest BCUT2D eigenvalue weighted by Gasteiger charge is -2.25. The fraction of sp³-hybridized carbons (Fsp3) is 0.562. The van der Waals surface area contributed by atoms with E-state index in [9.17, 15) is 9.18 Å². The Balaban J connectivity index is 2.40. The standard InChI is InChI=1S/C16H26FN3O/c1-4-9-20(12(2)3)10-5-6-16(21)19-15-8-7-13(17)11-14(15)18/h7-8,11-12H,4-6,9-10,18H2,1-3H3,(H,19,21). The van der Waals surface area contributed by atoms with Gasteiger partial charge in [0.1, 0.15) is 5.82 Å². The molecule has 0 bridgehead atoms. The van der Waals surface area contributed by atoms with Gasteiger partial charge in [0.25, 0.3) is 0 Å². The third kappa shape index (κ3) is 6.12. The molecule has 1 rings (SSSR count). The second kappa shape index (κ2) is 8.62. The predicted octanol–water partition coefficient (Wildman–Crippen LogP) is 3.25. The summed E-state index contributed by atoms with van der Waals surface area (Å²) < 4.78 is 12.9. The fourth-order valence-electron chi connectivity index (χ4n) is 2.22. The van der Waals surface area contributed by atoms with Crippen molar-refractivity contribution in [3.8, 4) is 0 Å². The summed E-state index contributed by atoms with van der Waals surface area (Å²) in [6, 6.07) is 4.46. The van der Waals surface area contributed by atoms with Gasteiger partial charge in [0.15, 0.2) is 0 Å². The van der Waals surface area contributed by atoms with Gasteiger partial charge in [-0.05, 0) is 58.0 Å². The Bertz CT molecular complexity index is 463. The van der Waals surface area contributed by atoms with Crippen molar-refractivity contribution in [1.82, 2.24) is 4.90 Å². The van der Waals surface area contributed by atoms with Gasteiger partial charge in [0.2, 0.25) is 5.91 Å². The quantitative estimate of drug-likeness (QED) is 0.724. The van der Waals surface area contributed by atoms with Crippen LogP contribution in [0.2, 0.25) is 0 Å². The lowest BCUT2D eigenvalue weighted by Crippen LogP contribution is -2.33. The number of nitrogen functional groups attached to an aromatic ring is 1. The first kappa shape index (κ1) is 17.4. The molecule has 0 aromatic heterocycles. The molecular formula is C16H26FN3O. The number of anilines is 2.